The lowest BCUT2D eigenvalue weighted by molar-refractivity contribution is 0.346. The van der Waals surface area contributed by atoms with Gasteiger partial charge in [0.15, 0.2) is 0 Å². The molecule has 3 nitrogen and oxygen atoms in total. The summed E-state index contributed by atoms with van der Waals surface area (Å²) in [6.07, 6.45) is 2.72. The van der Waals surface area contributed by atoms with Gasteiger partial charge in [-0.1, -0.05) is 22.0 Å². The highest BCUT2D eigenvalue weighted by atomic mass is 79.9. The first-order valence-electron chi connectivity index (χ1n) is 7.06. The second kappa shape index (κ2) is 6.73. The zero-order valence-corrected chi connectivity index (χ0v) is 13.5. The zero-order valence-electron chi connectivity index (χ0n) is 11.9. The van der Waals surface area contributed by atoms with Crippen molar-refractivity contribution in [3.63, 3.8) is 0 Å². The number of nitrogens with two attached hydrogens (primary N) is 1. The van der Waals surface area contributed by atoms with Crippen LogP contribution in [-0.4, -0.2) is 38.1 Å². The van der Waals surface area contributed by atoms with Gasteiger partial charge in [0.05, 0.1) is 0 Å². The van der Waals surface area contributed by atoms with Crippen molar-refractivity contribution in [3.8, 4) is 0 Å². The average molecular weight is 326 g/mol. The minimum Gasteiger partial charge on any atom is -0.373 e. The predicted molar refractivity (Wildman–Crippen MR) is 85.7 cm³/mol. The summed E-state index contributed by atoms with van der Waals surface area (Å²) in [6.45, 7) is 6.77. The Hall–Kier alpha value is -0.580. The molecule has 0 radical (unpaired) electrons. The van der Waals surface area contributed by atoms with E-state index in [1.807, 2.05) is 6.92 Å². The Morgan fingerprint density at radius 1 is 1.37 bits per heavy atom. The highest BCUT2D eigenvalue weighted by molar-refractivity contribution is 9.10. The number of anilines is 1. The first kappa shape index (κ1) is 14.8. The van der Waals surface area contributed by atoms with E-state index in [2.05, 4.69) is 51.0 Å². The molecule has 0 unspecified atom stereocenters. The van der Waals surface area contributed by atoms with Gasteiger partial charge in [-0.05, 0) is 50.6 Å². The summed E-state index contributed by atoms with van der Waals surface area (Å²) in [6, 6.07) is 6.52. The number of hydrogen-bond acceptors (Lipinski definition) is 3. The van der Waals surface area contributed by atoms with E-state index in [0.717, 1.165) is 23.1 Å². The molecular formula is C15H24BrN3. The van der Waals surface area contributed by atoms with Crippen molar-refractivity contribution < 1.29 is 0 Å². The predicted octanol–water partition coefficient (Wildman–Crippen LogP) is 3.00. The first-order chi connectivity index (χ1) is 9.08. The zero-order chi connectivity index (χ0) is 13.8. The number of nitrogens with zero attached hydrogens (tertiary/aromatic N) is 2. The third-order valence-corrected chi connectivity index (χ3v) is 4.55. The molecule has 1 heterocycles. The Morgan fingerprint density at radius 2 is 2.05 bits per heavy atom. The molecule has 1 fully saturated rings. The van der Waals surface area contributed by atoms with E-state index in [-0.39, 0.29) is 6.04 Å². The van der Waals surface area contributed by atoms with E-state index in [1.54, 1.807) is 0 Å². The average Bonchev–Trinajstić information content (AvgIpc) is 2.88. The number of halogens is 1. The summed E-state index contributed by atoms with van der Waals surface area (Å²) in [5.41, 5.74) is 8.34. The van der Waals surface area contributed by atoms with Gasteiger partial charge in [-0.3, -0.25) is 0 Å². The number of likely N-dealkylation sites (tertiary alicyclic amines) is 1. The van der Waals surface area contributed by atoms with Crippen LogP contribution in [0.3, 0.4) is 0 Å². The highest BCUT2D eigenvalue weighted by Gasteiger charge is 2.13. The maximum absolute atomic E-state index is 5.93. The van der Waals surface area contributed by atoms with Gasteiger partial charge in [0, 0.05) is 36.3 Å². The summed E-state index contributed by atoms with van der Waals surface area (Å²) in [5, 5.41) is 0. The van der Waals surface area contributed by atoms with Gasteiger partial charge in [0.2, 0.25) is 0 Å². The third kappa shape index (κ3) is 3.94. The molecule has 19 heavy (non-hydrogen) atoms. The molecule has 0 bridgehead atoms. The maximum atomic E-state index is 5.93. The standard InChI is InChI=1S/C15H24BrN3/c1-12(17)14-6-5-13(11-15(14)16)18(2)9-10-19-7-3-4-8-19/h5-6,11-12H,3-4,7-10,17H2,1-2H3/t12-/m0/s1. The van der Waals surface area contributed by atoms with Crippen LogP contribution < -0.4 is 10.6 Å². The summed E-state index contributed by atoms with van der Waals surface area (Å²) in [7, 11) is 2.16. The van der Waals surface area contributed by atoms with E-state index >= 15 is 0 Å². The van der Waals surface area contributed by atoms with Crippen LogP contribution in [0.2, 0.25) is 0 Å². The molecule has 0 aromatic heterocycles. The molecule has 106 valence electrons. The Morgan fingerprint density at radius 3 is 2.63 bits per heavy atom. The van der Waals surface area contributed by atoms with Crippen LogP contribution in [0.4, 0.5) is 5.69 Å². The van der Waals surface area contributed by atoms with Crippen LogP contribution in [0.1, 0.15) is 31.4 Å². The lowest BCUT2D eigenvalue weighted by Crippen LogP contribution is -2.31. The van der Waals surface area contributed by atoms with Gasteiger partial charge in [0.25, 0.3) is 0 Å². The first-order valence-corrected chi connectivity index (χ1v) is 7.86. The molecule has 4 heteroatoms. The topological polar surface area (TPSA) is 32.5 Å². The summed E-state index contributed by atoms with van der Waals surface area (Å²) < 4.78 is 1.10. The Kier molecular flexibility index (Phi) is 5.25. The van der Waals surface area contributed by atoms with Crippen molar-refractivity contribution in [2.45, 2.75) is 25.8 Å². The lowest BCUT2D eigenvalue weighted by Gasteiger charge is -2.24. The molecule has 1 aliphatic heterocycles. The minimum absolute atomic E-state index is 0.0679. The Balaban J connectivity index is 1.94. The molecular weight excluding hydrogens is 302 g/mol. The summed E-state index contributed by atoms with van der Waals surface area (Å²) >= 11 is 3.62. The van der Waals surface area contributed by atoms with Crippen LogP contribution in [0, 0.1) is 0 Å². The molecule has 1 aliphatic rings. The normalized spacial score (nSPS) is 17.7. The van der Waals surface area contributed by atoms with Crippen molar-refractivity contribution in [1.82, 2.24) is 4.90 Å². The van der Waals surface area contributed by atoms with Gasteiger partial charge >= 0.3 is 0 Å². The second-order valence-corrected chi connectivity index (χ2v) is 6.32. The fourth-order valence-corrected chi connectivity index (χ4v) is 3.28. The number of likely N-dealkylation sites (N-methyl/N-ethyl adjacent to an activating group) is 1. The van der Waals surface area contributed by atoms with Crippen molar-refractivity contribution in [1.29, 1.82) is 0 Å². The van der Waals surface area contributed by atoms with Gasteiger partial charge in [-0.2, -0.15) is 0 Å². The molecule has 2 N–H and O–H groups in total. The number of rotatable bonds is 5. The van der Waals surface area contributed by atoms with Gasteiger partial charge < -0.3 is 15.5 Å². The quantitative estimate of drug-likeness (QED) is 0.903. The van der Waals surface area contributed by atoms with Crippen LogP contribution in [0.25, 0.3) is 0 Å². The molecule has 2 rings (SSSR count). The van der Waals surface area contributed by atoms with Gasteiger partial charge in [-0.25, -0.2) is 0 Å². The van der Waals surface area contributed by atoms with E-state index < -0.39 is 0 Å². The molecule has 0 spiro atoms. The van der Waals surface area contributed by atoms with Gasteiger partial charge in [0.1, 0.15) is 0 Å². The monoisotopic (exact) mass is 325 g/mol. The lowest BCUT2D eigenvalue weighted by atomic mass is 10.1. The maximum Gasteiger partial charge on any atom is 0.0375 e. The molecule has 0 aliphatic carbocycles. The molecule has 0 saturated carbocycles. The molecule has 1 atom stereocenters. The number of hydrogen-bond donors (Lipinski definition) is 1. The molecule has 1 aromatic rings. The smallest absolute Gasteiger partial charge is 0.0375 e. The molecule has 0 amide bonds. The Labute approximate surface area is 124 Å². The van der Waals surface area contributed by atoms with Crippen LogP contribution in [0.5, 0.6) is 0 Å². The van der Waals surface area contributed by atoms with Crippen LogP contribution >= 0.6 is 15.9 Å². The summed E-state index contributed by atoms with van der Waals surface area (Å²) in [4.78, 5) is 4.86. The van der Waals surface area contributed by atoms with E-state index in [0.29, 0.717) is 0 Å². The fourth-order valence-electron chi connectivity index (χ4n) is 2.55. The van der Waals surface area contributed by atoms with E-state index in [1.165, 1.54) is 31.6 Å². The minimum atomic E-state index is 0.0679. The van der Waals surface area contributed by atoms with Crippen LogP contribution in [0.15, 0.2) is 22.7 Å². The third-order valence-electron chi connectivity index (χ3n) is 3.87. The number of benzene rings is 1. The van der Waals surface area contributed by atoms with E-state index in [9.17, 15) is 0 Å². The SMILES string of the molecule is C[C@H](N)c1ccc(N(C)CCN2CCCC2)cc1Br. The van der Waals surface area contributed by atoms with Crippen LogP contribution in [-0.2, 0) is 0 Å². The van der Waals surface area contributed by atoms with Crippen molar-refractivity contribution in [2.75, 3.05) is 38.1 Å². The fraction of sp³-hybridized carbons (Fsp3) is 0.600. The van der Waals surface area contributed by atoms with Gasteiger partial charge in [-0.15, -0.1) is 0 Å². The van der Waals surface area contributed by atoms with Crippen molar-refractivity contribution >= 4 is 21.6 Å². The van der Waals surface area contributed by atoms with Crippen molar-refractivity contribution in [3.05, 3.63) is 28.2 Å². The molecule has 1 saturated heterocycles. The highest BCUT2D eigenvalue weighted by Crippen LogP contribution is 2.27. The van der Waals surface area contributed by atoms with E-state index in [4.69, 9.17) is 5.73 Å². The Bertz CT molecular complexity index is 414. The van der Waals surface area contributed by atoms with Crippen molar-refractivity contribution in [2.24, 2.45) is 5.73 Å². The summed E-state index contributed by atoms with van der Waals surface area (Å²) in [5.74, 6) is 0. The largest absolute Gasteiger partial charge is 0.373 e. The second-order valence-electron chi connectivity index (χ2n) is 5.46. The molecule has 1 aromatic carbocycles.